The van der Waals surface area contributed by atoms with E-state index in [-0.39, 0.29) is 18.0 Å². The summed E-state index contributed by atoms with van der Waals surface area (Å²) in [6.45, 7) is 7.70. The van der Waals surface area contributed by atoms with Crippen molar-refractivity contribution in [1.82, 2.24) is 4.90 Å². The zero-order chi connectivity index (χ0) is 13.4. The van der Waals surface area contributed by atoms with Gasteiger partial charge in [0.05, 0.1) is 13.2 Å². The van der Waals surface area contributed by atoms with Crippen LogP contribution in [0.5, 0.6) is 0 Å². The molecule has 0 aromatic carbocycles. The molecule has 5 nitrogen and oxygen atoms in total. The van der Waals surface area contributed by atoms with Crippen LogP contribution in [0.4, 0.5) is 0 Å². The van der Waals surface area contributed by atoms with E-state index in [4.69, 9.17) is 9.47 Å². The predicted molar refractivity (Wildman–Crippen MR) is 64.5 cm³/mol. The van der Waals surface area contributed by atoms with Gasteiger partial charge >= 0.3 is 11.9 Å². The summed E-state index contributed by atoms with van der Waals surface area (Å²) in [6.07, 6.45) is 0.213. The van der Waals surface area contributed by atoms with Crippen LogP contribution >= 0.6 is 0 Å². The topological polar surface area (TPSA) is 55.8 Å². The summed E-state index contributed by atoms with van der Waals surface area (Å²) in [4.78, 5) is 24.7. The molecule has 0 rings (SSSR count). The number of hydrogen-bond acceptors (Lipinski definition) is 5. The van der Waals surface area contributed by atoms with Gasteiger partial charge in [-0.25, -0.2) is 4.79 Å². The first-order valence-electron chi connectivity index (χ1n) is 5.61. The maximum absolute atomic E-state index is 11.6. The number of carbonyl (C=O) groups is 2. The summed E-state index contributed by atoms with van der Waals surface area (Å²) in [5, 5.41) is 0. The normalized spacial score (nSPS) is 12.1. The number of nitrogens with zero attached hydrogens (tertiary/aromatic N) is 1. The van der Waals surface area contributed by atoms with E-state index < -0.39 is 12.0 Å². The molecule has 5 heteroatoms. The van der Waals surface area contributed by atoms with E-state index >= 15 is 0 Å². The Morgan fingerprint density at radius 3 is 2.12 bits per heavy atom. The Balaban J connectivity index is 4.50. The van der Waals surface area contributed by atoms with Crippen LogP contribution in [-0.4, -0.2) is 50.2 Å². The van der Waals surface area contributed by atoms with Crippen LogP contribution in [0.15, 0.2) is 12.2 Å². The van der Waals surface area contributed by atoms with Gasteiger partial charge in [0.1, 0.15) is 6.04 Å². The second kappa shape index (κ2) is 7.84. The van der Waals surface area contributed by atoms with Crippen molar-refractivity contribution in [3.8, 4) is 0 Å². The molecule has 0 spiro atoms. The zero-order valence-corrected chi connectivity index (χ0v) is 11.0. The van der Waals surface area contributed by atoms with Gasteiger partial charge in [-0.2, -0.15) is 0 Å². The molecule has 98 valence electrons. The standard InChI is InChI=1S/C12H21NO4/c1-6-16-11(14)9(3)8-10(13(4)5)12(15)17-7-2/h10H,3,6-8H2,1-2,4-5H3. The highest BCUT2D eigenvalue weighted by atomic mass is 16.5. The van der Waals surface area contributed by atoms with E-state index in [9.17, 15) is 9.59 Å². The fourth-order valence-electron chi connectivity index (χ4n) is 1.27. The van der Waals surface area contributed by atoms with Crippen LogP contribution < -0.4 is 0 Å². The van der Waals surface area contributed by atoms with Gasteiger partial charge in [0.15, 0.2) is 0 Å². The molecule has 0 heterocycles. The second-order valence-corrected chi connectivity index (χ2v) is 3.76. The van der Waals surface area contributed by atoms with Gasteiger partial charge in [0, 0.05) is 12.0 Å². The molecule has 0 aliphatic rings. The average molecular weight is 243 g/mol. The quantitative estimate of drug-likeness (QED) is 0.493. The first-order chi connectivity index (χ1) is 7.93. The van der Waals surface area contributed by atoms with Crippen molar-refractivity contribution in [2.24, 2.45) is 0 Å². The highest BCUT2D eigenvalue weighted by molar-refractivity contribution is 5.89. The van der Waals surface area contributed by atoms with Crippen molar-refractivity contribution in [3.63, 3.8) is 0 Å². The van der Waals surface area contributed by atoms with Crippen molar-refractivity contribution >= 4 is 11.9 Å². The lowest BCUT2D eigenvalue weighted by molar-refractivity contribution is -0.148. The van der Waals surface area contributed by atoms with Crippen molar-refractivity contribution in [1.29, 1.82) is 0 Å². The molecule has 0 bridgehead atoms. The minimum Gasteiger partial charge on any atom is -0.465 e. The van der Waals surface area contributed by atoms with E-state index in [1.807, 2.05) is 0 Å². The molecule has 1 atom stereocenters. The van der Waals surface area contributed by atoms with Crippen LogP contribution in [0.2, 0.25) is 0 Å². The van der Waals surface area contributed by atoms with Crippen molar-refractivity contribution in [2.45, 2.75) is 26.3 Å². The Bertz CT molecular complexity index is 286. The van der Waals surface area contributed by atoms with Crippen LogP contribution in [0.3, 0.4) is 0 Å². The minimum absolute atomic E-state index is 0.213. The Hall–Kier alpha value is -1.36. The SMILES string of the molecule is C=C(CC(C(=O)OCC)N(C)C)C(=O)OCC. The second-order valence-electron chi connectivity index (χ2n) is 3.76. The van der Waals surface area contributed by atoms with E-state index in [1.165, 1.54) is 0 Å². The molecular weight excluding hydrogens is 222 g/mol. The Morgan fingerprint density at radius 2 is 1.71 bits per heavy atom. The number of carbonyl (C=O) groups excluding carboxylic acids is 2. The highest BCUT2D eigenvalue weighted by Crippen LogP contribution is 2.11. The number of esters is 2. The highest BCUT2D eigenvalue weighted by Gasteiger charge is 2.25. The number of ether oxygens (including phenoxy) is 2. The van der Waals surface area contributed by atoms with Crippen LogP contribution in [0, 0.1) is 0 Å². The molecule has 0 saturated heterocycles. The van der Waals surface area contributed by atoms with Gasteiger partial charge in [-0.15, -0.1) is 0 Å². The van der Waals surface area contributed by atoms with E-state index in [0.717, 1.165) is 0 Å². The molecule has 1 unspecified atom stereocenters. The molecule has 0 aliphatic carbocycles. The first-order valence-corrected chi connectivity index (χ1v) is 5.61. The third kappa shape index (κ3) is 5.49. The van der Waals surface area contributed by atoms with Crippen molar-refractivity contribution in [2.75, 3.05) is 27.3 Å². The van der Waals surface area contributed by atoms with Crippen molar-refractivity contribution < 1.29 is 19.1 Å². The summed E-state index contributed by atoms with van der Waals surface area (Å²) in [6, 6.07) is -0.508. The van der Waals surface area contributed by atoms with Crippen molar-refractivity contribution in [3.05, 3.63) is 12.2 Å². The fourth-order valence-corrected chi connectivity index (χ4v) is 1.27. The third-order valence-electron chi connectivity index (χ3n) is 2.19. The summed E-state index contributed by atoms with van der Waals surface area (Å²) in [7, 11) is 3.50. The maximum Gasteiger partial charge on any atom is 0.333 e. The molecular formula is C12H21NO4. The Morgan fingerprint density at radius 1 is 1.18 bits per heavy atom. The van der Waals surface area contributed by atoms with Gasteiger partial charge in [-0.1, -0.05) is 6.58 Å². The van der Waals surface area contributed by atoms with Crippen LogP contribution in [0.25, 0.3) is 0 Å². The summed E-state index contributed by atoms with van der Waals surface area (Å²) >= 11 is 0. The molecule has 17 heavy (non-hydrogen) atoms. The van der Waals surface area contributed by atoms with Gasteiger partial charge in [-0.3, -0.25) is 9.69 Å². The zero-order valence-electron chi connectivity index (χ0n) is 11.0. The summed E-state index contributed by atoms with van der Waals surface area (Å²) < 4.78 is 9.75. The average Bonchev–Trinajstić information content (AvgIpc) is 2.25. The molecule has 0 aromatic heterocycles. The Labute approximate surface area is 102 Å². The largest absolute Gasteiger partial charge is 0.465 e. The van der Waals surface area contributed by atoms with Crippen LogP contribution in [-0.2, 0) is 19.1 Å². The van der Waals surface area contributed by atoms with Gasteiger partial charge < -0.3 is 9.47 Å². The molecule has 0 fully saturated rings. The van der Waals surface area contributed by atoms with Gasteiger partial charge in [0.2, 0.25) is 0 Å². The Kier molecular flexibility index (Phi) is 7.21. The summed E-state index contributed by atoms with van der Waals surface area (Å²) in [5.41, 5.74) is 0.276. The van der Waals surface area contributed by atoms with Gasteiger partial charge in [-0.05, 0) is 27.9 Å². The lowest BCUT2D eigenvalue weighted by atomic mass is 10.1. The monoisotopic (exact) mass is 243 g/mol. The van der Waals surface area contributed by atoms with E-state index in [1.54, 1.807) is 32.8 Å². The number of rotatable bonds is 7. The van der Waals surface area contributed by atoms with E-state index in [2.05, 4.69) is 6.58 Å². The molecule has 0 amide bonds. The molecule has 0 saturated carbocycles. The number of hydrogen-bond donors (Lipinski definition) is 0. The predicted octanol–water partition coefficient (Wildman–Crippen LogP) is 0.989. The minimum atomic E-state index is -0.508. The molecule has 0 radical (unpaired) electrons. The summed E-state index contributed by atoms with van der Waals surface area (Å²) in [5.74, 6) is -0.827. The molecule has 0 aromatic rings. The molecule has 0 aliphatic heterocycles. The van der Waals surface area contributed by atoms with Crippen LogP contribution in [0.1, 0.15) is 20.3 Å². The first kappa shape index (κ1) is 15.6. The smallest absolute Gasteiger partial charge is 0.333 e. The maximum atomic E-state index is 11.6. The lowest BCUT2D eigenvalue weighted by Gasteiger charge is -2.22. The van der Waals surface area contributed by atoms with Gasteiger partial charge in [0.25, 0.3) is 0 Å². The fraction of sp³-hybridized carbons (Fsp3) is 0.667. The van der Waals surface area contributed by atoms with E-state index in [0.29, 0.717) is 13.2 Å². The third-order valence-corrected chi connectivity index (χ3v) is 2.19. The molecule has 0 N–H and O–H groups in total. The number of likely N-dealkylation sites (N-methyl/N-ethyl adjacent to an activating group) is 1. The lowest BCUT2D eigenvalue weighted by Crippen LogP contribution is -2.38.